The smallest absolute Gasteiger partial charge is 0.268 e. The summed E-state index contributed by atoms with van der Waals surface area (Å²) in [6.45, 7) is 0.852. The molecule has 0 amide bonds. The number of methoxy groups -OCH3 is 1. The Balaban J connectivity index is 1.97. The van der Waals surface area contributed by atoms with E-state index in [1.807, 2.05) is 36.4 Å². The molecule has 1 aliphatic rings. The van der Waals surface area contributed by atoms with Crippen LogP contribution in [0.25, 0.3) is 22.3 Å². The third-order valence-corrected chi connectivity index (χ3v) is 3.80. The maximum Gasteiger partial charge on any atom is 0.268 e. The highest BCUT2D eigenvalue weighted by Crippen LogP contribution is 2.40. The van der Waals surface area contributed by atoms with E-state index < -0.39 is 0 Å². The second-order valence-electron chi connectivity index (χ2n) is 5.09. The highest BCUT2D eigenvalue weighted by Gasteiger charge is 2.32. The molecule has 1 aliphatic heterocycles. The van der Waals surface area contributed by atoms with Gasteiger partial charge in [0, 0.05) is 18.7 Å². The van der Waals surface area contributed by atoms with E-state index in [2.05, 4.69) is 4.98 Å². The quantitative estimate of drug-likeness (QED) is 0.543. The molecule has 0 saturated carbocycles. The molecule has 22 heavy (non-hydrogen) atoms. The number of rotatable bonds is 4. The molecule has 4 rings (SSSR count). The second kappa shape index (κ2) is 4.96. The van der Waals surface area contributed by atoms with Gasteiger partial charge in [-0.2, -0.15) is 0 Å². The minimum absolute atomic E-state index is 0.0966. The van der Waals surface area contributed by atoms with Gasteiger partial charge in [0.1, 0.15) is 23.6 Å². The minimum Gasteiger partial charge on any atom is -0.490 e. The van der Waals surface area contributed by atoms with Gasteiger partial charge in [-0.25, -0.2) is 4.98 Å². The number of hydrogen-bond acceptors (Lipinski definition) is 4. The summed E-state index contributed by atoms with van der Waals surface area (Å²) >= 11 is 0. The van der Waals surface area contributed by atoms with Crippen LogP contribution in [0.1, 0.15) is 10.4 Å². The minimum atomic E-state index is -0.0966. The summed E-state index contributed by atoms with van der Waals surface area (Å²) in [6, 6.07) is 11.4. The standard InChI is InChI=1S/C17H14N2O3/c1-21-9-10-22-16-11-5-2-3-6-12(11)18-15-13-7-4-8-19(13)17(20)14(15)16/h2-8H,9-10H2,1H3. The van der Waals surface area contributed by atoms with Crippen LogP contribution in [0.2, 0.25) is 0 Å². The van der Waals surface area contributed by atoms with E-state index in [9.17, 15) is 4.79 Å². The molecule has 0 spiro atoms. The van der Waals surface area contributed by atoms with Gasteiger partial charge in [-0.3, -0.25) is 9.36 Å². The van der Waals surface area contributed by atoms with Crippen LogP contribution in [0.3, 0.4) is 0 Å². The van der Waals surface area contributed by atoms with Crippen LogP contribution in [0.4, 0.5) is 0 Å². The number of carbonyl (C=O) groups is 1. The average molecular weight is 294 g/mol. The topological polar surface area (TPSA) is 53.4 Å². The fraction of sp³-hybridized carbons (Fsp3) is 0.176. The molecule has 0 saturated heterocycles. The number of benzene rings is 1. The molecule has 0 fully saturated rings. The zero-order valence-corrected chi connectivity index (χ0v) is 12.1. The van der Waals surface area contributed by atoms with Gasteiger partial charge >= 0.3 is 0 Å². The highest BCUT2D eigenvalue weighted by molar-refractivity contribution is 6.13. The number of aromatic nitrogens is 2. The molecule has 2 aromatic heterocycles. The van der Waals surface area contributed by atoms with Gasteiger partial charge in [0.2, 0.25) is 0 Å². The van der Waals surface area contributed by atoms with Gasteiger partial charge in [0.25, 0.3) is 5.91 Å². The summed E-state index contributed by atoms with van der Waals surface area (Å²) in [5.74, 6) is 0.493. The highest BCUT2D eigenvalue weighted by atomic mass is 16.5. The van der Waals surface area contributed by atoms with E-state index in [0.717, 1.165) is 16.6 Å². The molecule has 0 unspecified atom stereocenters. The Morgan fingerprint density at radius 1 is 1.14 bits per heavy atom. The number of ether oxygens (including phenoxy) is 2. The van der Waals surface area contributed by atoms with E-state index in [0.29, 0.717) is 30.2 Å². The zero-order valence-electron chi connectivity index (χ0n) is 12.1. The first-order chi connectivity index (χ1) is 10.8. The molecule has 110 valence electrons. The number of carbonyl (C=O) groups excluding carboxylic acids is 1. The lowest BCUT2D eigenvalue weighted by Gasteiger charge is -2.12. The SMILES string of the molecule is COCCOc1c2c(nc3ccccc13)-c1cccn1C2=O. The molecule has 0 N–H and O–H groups in total. The Bertz CT molecular complexity index is 883. The largest absolute Gasteiger partial charge is 0.490 e. The van der Waals surface area contributed by atoms with Crippen molar-refractivity contribution in [1.82, 2.24) is 9.55 Å². The van der Waals surface area contributed by atoms with E-state index >= 15 is 0 Å². The lowest BCUT2D eigenvalue weighted by molar-refractivity contribution is 0.0962. The third kappa shape index (κ3) is 1.76. The molecule has 0 atom stereocenters. The zero-order chi connectivity index (χ0) is 15.1. The second-order valence-corrected chi connectivity index (χ2v) is 5.09. The lowest BCUT2D eigenvalue weighted by Crippen LogP contribution is -2.11. The van der Waals surface area contributed by atoms with Crippen LogP contribution in [-0.4, -0.2) is 35.8 Å². The lowest BCUT2D eigenvalue weighted by atomic mass is 10.1. The monoisotopic (exact) mass is 294 g/mol. The molecular weight excluding hydrogens is 280 g/mol. The molecule has 5 heteroatoms. The normalized spacial score (nSPS) is 12.5. The molecule has 3 aromatic rings. The molecule has 0 radical (unpaired) electrons. The Morgan fingerprint density at radius 2 is 2.00 bits per heavy atom. The van der Waals surface area contributed by atoms with Gasteiger partial charge in [-0.15, -0.1) is 0 Å². The van der Waals surface area contributed by atoms with Crippen molar-refractivity contribution in [3.8, 4) is 17.1 Å². The van der Waals surface area contributed by atoms with Crippen molar-refractivity contribution in [1.29, 1.82) is 0 Å². The number of fused-ring (bicyclic) bond motifs is 4. The molecule has 0 aliphatic carbocycles. The maximum absolute atomic E-state index is 12.7. The van der Waals surface area contributed by atoms with Gasteiger partial charge in [0.15, 0.2) is 0 Å². The first kappa shape index (κ1) is 13.0. The Labute approximate surface area is 127 Å². The Morgan fingerprint density at radius 3 is 2.86 bits per heavy atom. The summed E-state index contributed by atoms with van der Waals surface area (Å²) in [5.41, 5.74) is 2.84. The summed E-state index contributed by atoms with van der Waals surface area (Å²) in [5, 5.41) is 0.844. The molecule has 1 aromatic carbocycles. The number of pyridine rings is 1. The van der Waals surface area contributed by atoms with Crippen LogP contribution >= 0.6 is 0 Å². The Hall–Kier alpha value is -2.66. The Kier molecular flexibility index (Phi) is 2.94. The van der Waals surface area contributed by atoms with Crippen molar-refractivity contribution in [2.24, 2.45) is 0 Å². The van der Waals surface area contributed by atoms with Crippen LogP contribution in [0.15, 0.2) is 42.6 Å². The van der Waals surface area contributed by atoms with Crippen molar-refractivity contribution >= 4 is 16.8 Å². The first-order valence-electron chi connectivity index (χ1n) is 7.08. The molecule has 0 bridgehead atoms. The van der Waals surface area contributed by atoms with Crippen LogP contribution < -0.4 is 4.74 Å². The van der Waals surface area contributed by atoms with E-state index in [1.165, 1.54) is 0 Å². The van der Waals surface area contributed by atoms with Crippen molar-refractivity contribution in [2.45, 2.75) is 0 Å². The molecule has 3 heterocycles. The van der Waals surface area contributed by atoms with Crippen LogP contribution in [-0.2, 0) is 4.74 Å². The average Bonchev–Trinajstić information content (AvgIpc) is 3.11. The van der Waals surface area contributed by atoms with Crippen molar-refractivity contribution < 1.29 is 14.3 Å². The summed E-state index contributed by atoms with van der Waals surface area (Å²) in [6.07, 6.45) is 1.75. The number of hydrogen-bond donors (Lipinski definition) is 0. The van der Waals surface area contributed by atoms with Crippen LogP contribution in [0.5, 0.6) is 5.75 Å². The maximum atomic E-state index is 12.7. The van der Waals surface area contributed by atoms with E-state index in [-0.39, 0.29) is 5.91 Å². The fourth-order valence-electron chi connectivity index (χ4n) is 2.81. The van der Waals surface area contributed by atoms with E-state index in [1.54, 1.807) is 17.9 Å². The van der Waals surface area contributed by atoms with Gasteiger partial charge < -0.3 is 9.47 Å². The molecular formula is C17H14N2O3. The summed E-state index contributed by atoms with van der Waals surface area (Å²) in [7, 11) is 1.62. The third-order valence-electron chi connectivity index (χ3n) is 3.80. The molecule has 5 nitrogen and oxygen atoms in total. The summed E-state index contributed by atoms with van der Waals surface area (Å²) < 4.78 is 12.5. The summed E-state index contributed by atoms with van der Waals surface area (Å²) in [4.78, 5) is 17.3. The van der Waals surface area contributed by atoms with Crippen molar-refractivity contribution in [3.05, 3.63) is 48.2 Å². The van der Waals surface area contributed by atoms with Crippen LogP contribution in [0, 0.1) is 0 Å². The van der Waals surface area contributed by atoms with Crippen molar-refractivity contribution in [2.75, 3.05) is 20.3 Å². The van der Waals surface area contributed by atoms with E-state index in [4.69, 9.17) is 9.47 Å². The van der Waals surface area contributed by atoms with Gasteiger partial charge in [-0.05, 0) is 24.3 Å². The van der Waals surface area contributed by atoms with Crippen molar-refractivity contribution in [3.63, 3.8) is 0 Å². The number of nitrogens with zero attached hydrogens (tertiary/aromatic N) is 2. The number of para-hydroxylation sites is 1. The van der Waals surface area contributed by atoms with Gasteiger partial charge in [0.05, 0.1) is 17.8 Å². The predicted molar refractivity (Wildman–Crippen MR) is 82.3 cm³/mol. The predicted octanol–water partition coefficient (Wildman–Crippen LogP) is 2.73. The van der Waals surface area contributed by atoms with Gasteiger partial charge in [-0.1, -0.05) is 12.1 Å². The first-order valence-corrected chi connectivity index (χ1v) is 7.08. The fourth-order valence-corrected chi connectivity index (χ4v) is 2.81.